The predicted molar refractivity (Wildman–Crippen MR) is 37.0 cm³/mol. The van der Waals surface area contributed by atoms with Gasteiger partial charge in [0.1, 0.15) is 0 Å². The molecule has 0 fully saturated rings. The number of halogens is 4. The number of alkyl halides is 4. The molecule has 0 aliphatic carbocycles. The molecule has 0 aliphatic rings. The molecular weight excluding hydrogens is 211 g/mol. The van der Waals surface area contributed by atoms with E-state index in [1.807, 2.05) is 0 Å². The lowest BCUT2D eigenvalue weighted by Crippen LogP contribution is -2.26. The van der Waals surface area contributed by atoms with Gasteiger partial charge in [0.05, 0.1) is 5.92 Å². The van der Waals surface area contributed by atoms with Crippen LogP contribution in [0.25, 0.3) is 0 Å². The zero-order chi connectivity index (χ0) is 8.20. The summed E-state index contributed by atoms with van der Waals surface area (Å²) >= 11 is 2.78. The minimum Gasteiger partial charge on any atom is -0.330 e. The first-order valence-corrected chi connectivity index (χ1v) is 3.97. The Labute approximate surface area is 65.9 Å². The van der Waals surface area contributed by atoms with Gasteiger partial charge in [0, 0.05) is 5.33 Å². The molecule has 1 unspecified atom stereocenters. The van der Waals surface area contributed by atoms with Gasteiger partial charge in [-0.3, -0.25) is 0 Å². The van der Waals surface area contributed by atoms with Gasteiger partial charge >= 0.3 is 6.18 Å². The van der Waals surface area contributed by atoms with E-state index in [2.05, 4.69) is 15.9 Å². The molecule has 0 rings (SSSR count). The molecule has 0 amide bonds. The van der Waals surface area contributed by atoms with E-state index in [0.29, 0.717) is 0 Å². The Hall–Kier alpha value is 0.230. The summed E-state index contributed by atoms with van der Waals surface area (Å²) in [4.78, 5) is 0. The molecule has 1 nitrogen and oxygen atoms in total. The zero-order valence-electron chi connectivity index (χ0n) is 5.29. The lowest BCUT2D eigenvalue weighted by atomic mass is 10.1. The van der Waals surface area contributed by atoms with E-state index in [1.165, 1.54) is 0 Å². The highest BCUT2D eigenvalue weighted by Gasteiger charge is 2.37. The monoisotopic (exact) mass is 219 g/mol. The summed E-state index contributed by atoms with van der Waals surface area (Å²) in [5.74, 6) is -1.29. The fraction of sp³-hybridized carbons (Fsp3) is 1.00. The number of hydrogen-bond donors (Lipinski definition) is 1. The van der Waals surface area contributed by atoms with Gasteiger partial charge in [0.15, 0.2) is 0 Å². The van der Waals surface area contributed by atoms with Crippen molar-refractivity contribution in [3.8, 4) is 0 Å². The standard InChI is InChI=1S/C5H9BrF3N/c6-3-4(1-2-10)5(7,8)9/h4H,1-3,10H2. The Morgan fingerprint density at radius 1 is 1.40 bits per heavy atom. The van der Waals surface area contributed by atoms with Gasteiger partial charge in [0.25, 0.3) is 0 Å². The molecule has 0 aromatic rings. The quantitative estimate of drug-likeness (QED) is 0.722. The lowest BCUT2D eigenvalue weighted by Gasteiger charge is -2.15. The van der Waals surface area contributed by atoms with Crippen LogP contribution < -0.4 is 5.73 Å². The zero-order valence-corrected chi connectivity index (χ0v) is 6.87. The molecule has 0 saturated carbocycles. The van der Waals surface area contributed by atoms with Gasteiger partial charge < -0.3 is 5.73 Å². The van der Waals surface area contributed by atoms with Crippen LogP contribution in [0, 0.1) is 5.92 Å². The van der Waals surface area contributed by atoms with Crippen LogP contribution in [-0.2, 0) is 0 Å². The van der Waals surface area contributed by atoms with Crippen LogP contribution in [0.5, 0.6) is 0 Å². The largest absolute Gasteiger partial charge is 0.392 e. The fourth-order valence-corrected chi connectivity index (χ4v) is 1.22. The van der Waals surface area contributed by atoms with Crippen LogP contribution in [0.2, 0.25) is 0 Å². The maximum atomic E-state index is 11.8. The van der Waals surface area contributed by atoms with Crippen molar-refractivity contribution in [2.45, 2.75) is 12.6 Å². The Balaban J connectivity index is 3.81. The number of nitrogens with two attached hydrogens (primary N) is 1. The molecule has 0 aliphatic heterocycles. The van der Waals surface area contributed by atoms with Gasteiger partial charge in [-0.1, -0.05) is 15.9 Å². The van der Waals surface area contributed by atoms with Crippen molar-refractivity contribution < 1.29 is 13.2 Å². The molecule has 2 N–H and O–H groups in total. The van der Waals surface area contributed by atoms with E-state index in [-0.39, 0.29) is 18.3 Å². The SMILES string of the molecule is NCCC(CBr)C(F)(F)F. The van der Waals surface area contributed by atoms with Crippen LogP contribution in [0.3, 0.4) is 0 Å². The van der Waals surface area contributed by atoms with E-state index < -0.39 is 12.1 Å². The number of hydrogen-bond acceptors (Lipinski definition) is 1. The van der Waals surface area contributed by atoms with Crippen LogP contribution in [0.1, 0.15) is 6.42 Å². The van der Waals surface area contributed by atoms with E-state index in [9.17, 15) is 13.2 Å². The van der Waals surface area contributed by atoms with Crippen LogP contribution >= 0.6 is 15.9 Å². The van der Waals surface area contributed by atoms with E-state index >= 15 is 0 Å². The molecule has 0 heterocycles. The van der Waals surface area contributed by atoms with Gasteiger partial charge in [0.2, 0.25) is 0 Å². The van der Waals surface area contributed by atoms with Gasteiger partial charge in [-0.15, -0.1) is 0 Å². The van der Waals surface area contributed by atoms with Crippen molar-refractivity contribution in [1.82, 2.24) is 0 Å². The average molecular weight is 220 g/mol. The Morgan fingerprint density at radius 2 is 1.90 bits per heavy atom. The average Bonchev–Trinajstić information content (AvgIpc) is 1.80. The molecule has 0 spiro atoms. The highest BCUT2D eigenvalue weighted by Crippen LogP contribution is 2.29. The third kappa shape index (κ3) is 3.41. The molecule has 62 valence electrons. The Bertz CT molecular complexity index is 93.4. The van der Waals surface area contributed by atoms with Crippen molar-refractivity contribution >= 4 is 15.9 Å². The predicted octanol–water partition coefficient (Wildman–Crippen LogP) is 1.91. The van der Waals surface area contributed by atoms with Crippen molar-refractivity contribution in [2.75, 3.05) is 11.9 Å². The minimum atomic E-state index is -4.11. The van der Waals surface area contributed by atoms with Crippen molar-refractivity contribution in [2.24, 2.45) is 11.7 Å². The molecule has 0 bridgehead atoms. The first-order valence-electron chi connectivity index (χ1n) is 2.85. The second-order valence-electron chi connectivity index (χ2n) is 1.97. The normalized spacial score (nSPS) is 15.3. The topological polar surface area (TPSA) is 26.0 Å². The van der Waals surface area contributed by atoms with E-state index in [4.69, 9.17) is 5.73 Å². The summed E-state index contributed by atoms with van der Waals surface area (Å²) in [6.07, 6.45) is -4.11. The maximum Gasteiger partial charge on any atom is 0.392 e. The third-order valence-electron chi connectivity index (χ3n) is 1.16. The van der Waals surface area contributed by atoms with Crippen molar-refractivity contribution in [3.05, 3.63) is 0 Å². The molecule has 0 saturated heterocycles. The smallest absolute Gasteiger partial charge is 0.330 e. The molecule has 0 aromatic carbocycles. The highest BCUT2D eigenvalue weighted by atomic mass is 79.9. The number of rotatable bonds is 3. The maximum absolute atomic E-state index is 11.8. The highest BCUT2D eigenvalue weighted by molar-refractivity contribution is 9.09. The van der Waals surface area contributed by atoms with Crippen molar-refractivity contribution in [3.63, 3.8) is 0 Å². The molecule has 0 radical (unpaired) electrons. The molecule has 0 aromatic heterocycles. The molecular formula is C5H9BrF3N. The summed E-state index contributed by atoms with van der Waals surface area (Å²) in [5, 5.41) is -0.0618. The summed E-state index contributed by atoms with van der Waals surface area (Å²) in [5.41, 5.74) is 4.98. The van der Waals surface area contributed by atoms with Gasteiger partial charge in [-0.05, 0) is 13.0 Å². The Morgan fingerprint density at radius 3 is 2.00 bits per heavy atom. The summed E-state index contributed by atoms with van der Waals surface area (Å²) in [6, 6.07) is 0. The van der Waals surface area contributed by atoms with E-state index in [1.54, 1.807) is 0 Å². The molecule has 1 atom stereocenters. The first kappa shape index (κ1) is 10.2. The second-order valence-corrected chi connectivity index (χ2v) is 2.62. The van der Waals surface area contributed by atoms with Crippen molar-refractivity contribution in [1.29, 1.82) is 0 Å². The molecule has 5 heteroatoms. The van der Waals surface area contributed by atoms with Crippen LogP contribution in [0.4, 0.5) is 13.2 Å². The fourth-order valence-electron chi connectivity index (χ4n) is 0.529. The summed E-state index contributed by atoms with van der Waals surface area (Å²) in [7, 11) is 0. The minimum absolute atomic E-state index is 0.00521. The second kappa shape index (κ2) is 4.18. The third-order valence-corrected chi connectivity index (χ3v) is 1.95. The molecule has 10 heavy (non-hydrogen) atoms. The summed E-state index contributed by atoms with van der Waals surface area (Å²) in [6.45, 7) is 0.0791. The van der Waals surface area contributed by atoms with Crippen LogP contribution in [0.15, 0.2) is 0 Å². The van der Waals surface area contributed by atoms with Crippen LogP contribution in [-0.4, -0.2) is 18.1 Å². The lowest BCUT2D eigenvalue weighted by molar-refractivity contribution is -0.168. The summed E-state index contributed by atoms with van der Waals surface area (Å²) < 4.78 is 35.5. The van der Waals surface area contributed by atoms with Gasteiger partial charge in [-0.2, -0.15) is 13.2 Å². The van der Waals surface area contributed by atoms with Gasteiger partial charge in [-0.25, -0.2) is 0 Å². The van der Waals surface area contributed by atoms with E-state index in [0.717, 1.165) is 0 Å². The Kier molecular flexibility index (Phi) is 4.28. The first-order chi connectivity index (χ1) is 4.52.